The van der Waals surface area contributed by atoms with Gasteiger partial charge in [0.15, 0.2) is 0 Å². The van der Waals surface area contributed by atoms with Crippen molar-refractivity contribution >= 4 is 5.97 Å². The molecule has 0 aromatic rings. The predicted molar refractivity (Wildman–Crippen MR) is 61.8 cm³/mol. The summed E-state index contributed by atoms with van der Waals surface area (Å²) in [4.78, 5) is 10.4. The number of carboxylic acid groups (broad SMARTS) is 1. The van der Waals surface area contributed by atoms with Gasteiger partial charge in [-0.15, -0.1) is 0 Å². The number of nitrogens with one attached hydrogen (secondary N) is 1. The maximum atomic E-state index is 10.4. The van der Waals surface area contributed by atoms with E-state index in [1.165, 1.54) is 12.8 Å². The molecule has 4 nitrogen and oxygen atoms in total. The van der Waals surface area contributed by atoms with Crippen molar-refractivity contribution in [2.24, 2.45) is 5.73 Å². The molecule has 0 amide bonds. The molecule has 0 aromatic heterocycles. The molecule has 0 aromatic carbocycles. The monoisotopic (exact) mass is 216 g/mol. The van der Waals surface area contributed by atoms with E-state index in [0.29, 0.717) is 12.5 Å². The van der Waals surface area contributed by atoms with Crippen molar-refractivity contribution in [1.82, 2.24) is 5.32 Å². The number of rotatable bonds is 9. The van der Waals surface area contributed by atoms with Crippen molar-refractivity contribution in [2.45, 2.75) is 58.0 Å². The second-order valence-corrected chi connectivity index (χ2v) is 4.08. The van der Waals surface area contributed by atoms with E-state index in [1.54, 1.807) is 0 Å². The van der Waals surface area contributed by atoms with Crippen LogP contribution in [0, 0.1) is 0 Å². The normalized spacial score (nSPS) is 14.9. The van der Waals surface area contributed by atoms with Gasteiger partial charge in [0.1, 0.15) is 6.04 Å². The van der Waals surface area contributed by atoms with E-state index in [4.69, 9.17) is 10.8 Å². The molecule has 0 rings (SSSR count). The number of aliphatic carboxylic acids is 1. The lowest BCUT2D eigenvalue weighted by Gasteiger charge is -2.12. The number of carbonyl (C=O) groups is 1. The summed E-state index contributed by atoms with van der Waals surface area (Å²) in [6.07, 6.45) is 4.82. The first kappa shape index (κ1) is 14.4. The summed E-state index contributed by atoms with van der Waals surface area (Å²) in [7, 11) is 0. The maximum Gasteiger partial charge on any atom is 0.320 e. The SMILES string of the molecule is CCCC(C)NCCCC[C@H](N)C(=O)O. The Balaban J connectivity index is 3.28. The Morgan fingerprint density at radius 2 is 2.07 bits per heavy atom. The fourth-order valence-electron chi connectivity index (χ4n) is 1.50. The van der Waals surface area contributed by atoms with Gasteiger partial charge < -0.3 is 16.2 Å². The van der Waals surface area contributed by atoms with Crippen molar-refractivity contribution < 1.29 is 9.90 Å². The minimum absolute atomic E-state index is 0.558. The summed E-state index contributed by atoms with van der Waals surface area (Å²) in [6.45, 7) is 5.30. The third-order valence-corrected chi connectivity index (χ3v) is 2.47. The van der Waals surface area contributed by atoms with Crippen molar-refractivity contribution in [3.63, 3.8) is 0 Å². The lowest BCUT2D eigenvalue weighted by atomic mass is 10.1. The Kier molecular flexibility index (Phi) is 8.33. The lowest BCUT2D eigenvalue weighted by molar-refractivity contribution is -0.138. The van der Waals surface area contributed by atoms with E-state index in [-0.39, 0.29) is 0 Å². The summed E-state index contributed by atoms with van der Waals surface area (Å²) < 4.78 is 0. The molecule has 0 saturated carbocycles. The highest BCUT2D eigenvalue weighted by atomic mass is 16.4. The van der Waals surface area contributed by atoms with E-state index < -0.39 is 12.0 Å². The van der Waals surface area contributed by atoms with Crippen LogP contribution in [0.5, 0.6) is 0 Å². The quantitative estimate of drug-likeness (QED) is 0.508. The van der Waals surface area contributed by atoms with Gasteiger partial charge in [-0.1, -0.05) is 19.8 Å². The predicted octanol–water partition coefficient (Wildman–Crippen LogP) is 1.35. The number of unbranched alkanes of at least 4 members (excludes halogenated alkanes) is 1. The molecule has 15 heavy (non-hydrogen) atoms. The van der Waals surface area contributed by atoms with Crippen LogP contribution in [0.1, 0.15) is 46.0 Å². The molecule has 4 heteroatoms. The molecule has 0 radical (unpaired) electrons. The fourth-order valence-corrected chi connectivity index (χ4v) is 1.50. The Morgan fingerprint density at radius 3 is 2.60 bits per heavy atom. The van der Waals surface area contributed by atoms with Gasteiger partial charge in [-0.2, -0.15) is 0 Å². The summed E-state index contributed by atoms with van der Waals surface area (Å²) in [6, 6.07) is -0.138. The molecular formula is C11H24N2O2. The second kappa shape index (κ2) is 8.68. The first-order chi connectivity index (χ1) is 7.07. The number of hydrogen-bond donors (Lipinski definition) is 3. The van der Waals surface area contributed by atoms with Crippen LogP contribution in [0.15, 0.2) is 0 Å². The Hall–Kier alpha value is -0.610. The molecule has 4 N–H and O–H groups in total. The van der Waals surface area contributed by atoms with Gasteiger partial charge in [-0.3, -0.25) is 4.79 Å². The van der Waals surface area contributed by atoms with Crippen molar-refractivity contribution in [3.05, 3.63) is 0 Å². The minimum Gasteiger partial charge on any atom is -0.480 e. The van der Waals surface area contributed by atoms with Crippen LogP contribution in [-0.2, 0) is 4.79 Å². The zero-order valence-electron chi connectivity index (χ0n) is 9.83. The molecule has 0 bridgehead atoms. The Bertz CT molecular complexity index is 174. The average Bonchev–Trinajstić information content (AvgIpc) is 2.17. The van der Waals surface area contributed by atoms with E-state index in [9.17, 15) is 4.79 Å². The molecule has 0 heterocycles. The molecule has 0 aliphatic rings. The molecule has 1 unspecified atom stereocenters. The van der Waals surface area contributed by atoms with Gasteiger partial charge in [0.25, 0.3) is 0 Å². The van der Waals surface area contributed by atoms with Gasteiger partial charge in [-0.25, -0.2) is 0 Å². The topological polar surface area (TPSA) is 75.3 Å². The molecule has 0 spiro atoms. The molecule has 90 valence electrons. The van der Waals surface area contributed by atoms with Gasteiger partial charge in [0, 0.05) is 6.04 Å². The summed E-state index contributed by atoms with van der Waals surface area (Å²) >= 11 is 0. The van der Waals surface area contributed by atoms with Crippen molar-refractivity contribution in [3.8, 4) is 0 Å². The van der Waals surface area contributed by atoms with E-state index in [2.05, 4.69) is 19.2 Å². The van der Waals surface area contributed by atoms with Crippen LogP contribution in [0.2, 0.25) is 0 Å². The van der Waals surface area contributed by atoms with Crippen LogP contribution in [0.4, 0.5) is 0 Å². The molecular weight excluding hydrogens is 192 g/mol. The standard InChI is InChI=1S/C11H24N2O2/c1-3-6-9(2)13-8-5-4-7-10(12)11(14)15/h9-10,13H,3-8,12H2,1-2H3,(H,14,15)/t9?,10-/m0/s1. The van der Waals surface area contributed by atoms with Crippen molar-refractivity contribution in [2.75, 3.05) is 6.54 Å². The Morgan fingerprint density at radius 1 is 1.40 bits per heavy atom. The van der Waals surface area contributed by atoms with Gasteiger partial charge in [0.05, 0.1) is 0 Å². The maximum absolute atomic E-state index is 10.4. The average molecular weight is 216 g/mol. The van der Waals surface area contributed by atoms with E-state index in [1.807, 2.05) is 0 Å². The smallest absolute Gasteiger partial charge is 0.320 e. The summed E-state index contributed by atoms with van der Waals surface area (Å²) in [5.74, 6) is -0.901. The second-order valence-electron chi connectivity index (χ2n) is 4.08. The van der Waals surface area contributed by atoms with E-state index >= 15 is 0 Å². The highest BCUT2D eigenvalue weighted by molar-refractivity contribution is 5.72. The van der Waals surface area contributed by atoms with Crippen LogP contribution < -0.4 is 11.1 Å². The highest BCUT2D eigenvalue weighted by Crippen LogP contribution is 2.00. The summed E-state index contributed by atoms with van der Waals surface area (Å²) in [5.41, 5.74) is 5.39. The summed E-state index contributed by atoms with van der Waals surface area (Å²) in [5, 5.41) is 12.0. The number of nitrogens with two attached hydrogens (primary N) is 1. The number of hydrogen-bond acceptors (Lipinski definition) is 3. The molecule has 0 aliphatic heterocycles. The first-order valence-electron chi connectivity index (χ1n) is 5.79. The highest BCUT2D eigenvalue weighted by Gasteiger charge is 2.09. The lowest BCUT2D eigenvalue weighted by Crippen LogP contribution is -2.30. The molecule has 0 fully saturated rings. The zero-order valence-corrected chi connectivity index (χ0v) is 9.83. The Labute approximate surface area is 92.2 Å². The third kappa shape index (κ3) is 8.39. The largest absolute Gasteiger partial charge is 0.480 e. The van der Waals surface area contributed by atoms with Crippen LogP contribution in [0.3, 0.4) is 0 Å². The molecule has 2 atom stereocenters. The third-order valence-electron chi connectivity index (χ3n) is 2.47. The fraction of sp³-hybridized carbons (Fsp3) is 0.909. The van der Waals surface area contributed by atoms with Gasteiger partial charge >= 0.3 is 5.97 Å². The van der Waals surface area contributed by atoms with Crippen LogP contribution in [0.25, 0.3) is 0 Å². The van der Waals surface area contributed by atoms with Crippen LogP contribution in [-0.4, -0.2) is 29.7 Å². The zero-order chi connectivity index (χ0) is 11.7. The van der Waals surface area contributed by atoms with Crippen LogP contribution >= 0.6 is 0 Å². The van der Waals surface area contributed by atoms with Gasteiger partial charge in [-0.05, 0) is 32.7 Å². The number of carboxylic acids is 1. The minimum atomic E-state index is -0.901. The van der Waals surface area contributed by atoms with Gasteiger partial charge in [0.2, 0.25) is 0 Å². The van der Waals surface area contributed by atoms with E-state index in [0.717, 1.165) is 19.4 Å². The first-order valence-corrected chi connectivity index (χ1v) is 5.79. The van der Waals surface area contributed by atoms with Crippen molar-refractivity contribution in [1.29, 1.82) is 0 Å². The molecule has 0 aliphatic carbocycles. The molecule has 0 saturated heterocycles.